The molecule has 138 valence electrons. The number of sulfonamides is 1. The van der Waals surface area contributed by atoms with Gasteiger partial charge in [0.1, 0.15) is 4.90 Å². The van der Waals surface area contributed by atoms with E-state index in [9.17, 15) is 13.2 Å². The Labute approximate surface area is 158 Å². The van der Waals surface area contributed by atoms with E-state index in [1.165, 1.54) is 49.2 Å². The van der Waals surface area contributed by atoms with Crippen LogP contribution in [0, 0.1) is 0 Å². The lowest BCUT2D eigenvalue weighted by molar-refractivity contribution is -0.129. The third-order valence-electron chi connectivity index (χ3n) is 4.31. The van der Waals surface area contributed by atoms with Crippen molar-refractivity contribution in [3.63, 3.8) is 0 Å². The number of rotatable bonds is 5. The summed E-state index contributed by atoms with van der Waals surface area (Å²) in [5.74, 6) is 0.353. The molecule has 8 heteroatoms. The van der Waals surface area contributed by atoms with Crippen molar-refractivity contribution in [3.8, 4) is 0 Å². The zero-order chi connectivity index (χ0) is 18.7. The van der Waals surface area contributed by atoms with Gasteiger partial charge >= 0.3 is 0 Å². The number of benzene rings is 1. The molecule has 1 aliphatic rings. The van der Waals surface area contributed by atoms with Gasteiger partial charge in [-0.05, 0) is 29.7 Å². The lowest BCUT2D eigenvalue weighted by Gasteiger charge is -2.28. The van der Waals surface area contributed by atoms with E-state index in [2.05, 4.69) is 17.1 Å². The van der Waals surface area contributed by atoms with Gasteiger partial charge < -0.3 is 4.90 Å². The number of carbonyl (C=O) groups excluding carboxylic acids is 1. The summed E-state index contributed by atoms with van der Waals surface area (Å²) in [4.78, 5) is 18.6. The molecule has 0 unspecified atom stereocenters. The Kier molecular flexibility index (Phi) is 5.64. The van der Waals surface area contributed by atoms with Crippen LogP contribution in [0.15, 0.2) is 52.5 Å². The predicted molar refractivity (Wildman–Crippen MR) is 101 cm³/mol. The number of thioether (sulfide) groups is 1. The molecule has 1 aromatic heterocycles. The number of carbonyl (C=O) groups is 1. The molecule has 1 aliphatic heterocycles. The molecular formula is C18H21N3O3S2. The Bertz CT molecular complexity index is 896. The standard InChI is InChI=1S/C18H21N3O3S2/c1-20(2)26(23,24)16-7-8-17(19-11-16)25-13-18(22)21-10-9-14-5-3-4-6-15(14)12-21/h3-8,11H,9-10,12-13H2,1-2H3. The molecule has 0 bridgehead atoms. The van der Waals surface area contributed by atoms with Gasteiger partial charge in [-0.25, -0.2) is 17.7 Å². The smallest absolute Gasteiger partial charge is 0.244 e. The van der Waals surface area contributed by atoms with Crippen molar-refractivity contribution >= 4 is 27.7 Å². The lowest BCUT2D eigenvalue weighted by atomic mass is 10.00. The fraction of sp³-hybridized carbons (Fsp3) is 0.333. The summed E-state index contributed by atoms with van der Waals surface area (Å²) in [5.41, 5.74) is 2.51. The lowest BCUT2D eigenvalue weighted by Crippen LogP contribution is -2.37. The highest BCUT2D eigenvalue weighted by molar-refractivity contribution is 7.99. The van der Waals surface area contributed by atoms with Crippen LogP contribution in [0.5, 0.6) is 0 Å². The highest BCUT2D eigenvalue weighted by Crippen LogP contribution is 2.22. The van der Waals surface area contributed by atoms with Gasteiger partial charge in [-0.15, -0.1) is 0 Å². The maximum absolute atomic E-state index is 12.5. The molecule has 0 fully saturated rings. The molecule has 0 saturated heterocycles. The van der Waals surface area contributed by atoms with Gasteiger partial charge in [0.2, 0.25) is 15.9 Å². The van der Waals surface area contributed by atoms with Gasteiger partial charge in [0.15, 0.2) is 0 Å². The van der Waals surface area contributed by atoms with Crippen LogP contribution in [0.25, 0.3) is 0 Å². The van der Waals surface area contributed by atoms with E-state index in [1.807, 2.05) is 17.0 Å². The number of fused-ring (bicyclic) bond motifs is 1. The van der Waals surface area contributed by atoms with Crippen LogP contribution in [-0.4, -0.2) is 54.9 Å². The van der Waals surface area contributed by atoms with Gasteiger partial charge in [-0.1, -0.05) is 36.0 Å². The number of pyridine rings is 1. The van der Waals surface area contributed by atoms with Crippen LogP contribution in [0.2, 0.25) is 0 Å². The molecular weight excluding hydrogens is 370 g/mol. The van der Waals surface area contributed by atoms with Crippen molar-refractivity contribution < 1.29 is 13.2 Å². The Balaban J connectivity index is 1.59. The summed E-state index contributed by atoms with van der Waals surface area (Å²) >= 11 is 1.32. The second-order valence-corrected chi connectivity index (χ2v) is 9.39. The molecule has 1 aromatic carbocycles. The molecule has 0 spiro atoms. The molecule has 0 atom stereocenters. The first-order chi connectivity index (χ1) is 12.4. The molecule has 1 amide bonds. The molecule has 2 aromatic rings. The van der Waals surface area contributed by atoms with Crippen LogP contribution >= 0.6 is 11.8 Å². The van der Waals surface area contributed by atoms with Crippen molar-refractivity contribution in [2.45, 2.75) is 22.9 Å². The molecule has 2 heterocycles. The molecule has 0 saturated carbocycles. The van der Waals surface area contributed by atoms with Crippen molar-refractivity contribution in [1.29, 1.82) is 0 Å². The maximum atomic E-state index is 12.5. The zero-order valence-corrected chi connectivity index (χ0v) is 16.4. The maximum Gasteiger partial charge on any atom is 0.244 e. The summed E-state index contributed by atoms with van der Waals surface area (Å²) in [7, 11) is -0.525. The first kappa shape index (κ1) is 18.9. The van der Waals surface area contributed by atoms with E-state index in [1.54, 1.807) is 6.07 Å². The molecule has 0 aliphatic carbocycles. The van der Waals surface area contributed by atoms with Crippen LogP contribution in [0.4, 0.5) is 0 Å². The number of hydrogen-bond donors (Lipinski definition) is 0. The third-order valence-corrected chi connectivity index (χ3v) is 7.04. The van der Waals surface area contributed by atoms with Crippen molar-refractivity contribution in [2.24, 2.45) is 0 Å². The minimum absolute atomic E-state index is 0.0660. The van der Waals surface area contributed by atoms with Gasteiger partial charge in [-0.2, -0.15) is 0 Å². The Morgan fingerprint density at radius 1 is 1.19 bits per heavy atom. The minimum Gasteiger partial charge on any atom is -0.337 e. The summed E-state index contributed by atoms with van der Waals surface area (Å²) in [6.45, 7) is 1.37. The average Bonchev–Trinajstić information content (AvgIpc) is 2.66. The van der Waals surface area contributed by atoms with E-state index in [4.69, 9.17) is 0 Å². The fourth-order valence-corrected chi connectivity index (χ4v) is 4.34. The molecule has 26 heavy (non-hydrogen) atoms. The predicted octanol–water partition coefficient (Wildman–Crippen LogP) is 2.01. The zero-order valence-electron chi connectivity index (χ0n) is 14.8. The highest BCUT2D eigenvalue weighted by Gasteiger charge is 2.21. The van der Waals surface area contributed by atoms with Gasteiger partial charge in [-0.3, -0.25) is 4.79 Å². The SMILES string of the molecule is CN(C)S(=O)(=O)c1ccc(SCC(=O)N2CCc3ccccc3C2)nc1. The van der Waals surface area contributed by atoms with Crippen molar-refractivity contribution in [1.82, 2.24) is 14.2 Å². The Morgan fingerprint density at radius 3 is 2.58 bits per heavy atom. The molecule has 0 N–H and O–H groups in total. The van der Waals surface area contributed by atoms with E-state index in [0.717, 1.165) is 17.3 Å². The number of amides is 1. The van der Waals surface area contributed by atoms with Crippen LogP contribution in [0.3, 0.4) is 0 Å². The van der Waals surface area contributed by atoms with Crippen molar-refractivity contribution in [2.75, 3.05) is 26.4 Å². The summed E-state index contributed by atoms with van der Waals surface area (Å²) in [6, 6.07) is 11.4. The Hall–Kier alpha value is -1.90. The second kappa shape index (κ2) is 7.77. The molecule has 3 rings (SSSR count). The summed E-state index contributed by atoms with van der Waals surface area (Å²) in [5, 5.41) is 0.633. The van der Waals surface area contributed by atoms with Gasteiger partial charge in [0.05, 0.1) is 10.8 Å². The first-order valence-corrected chi connectivity index (χ1v) is 10.7. The largest absolute Gasteiger partial charge is 0.337 e. The van der Waals surface area contributed by atoms with Crippen LogP contribution < -0.4 is 0 Å². The topological polar surface area (TPSA) is 70.6 Å². The first-order valence-electron chi connectivity index (χ1n) is 8.24. The normalized spacial score (nSPS) is 14.3. The Morgan fingerprint density at radius 2 is 1.92 bits per heavy atom. The monoisotopic (exact) mass is 391 g/mol. The van der Waals surface area contributed by atoms with Crippen molar-refractivity contribution in [3.05, 3.63) is 53.7 Å². The summed E-state index contributed by atoms with van der Waals surface area (Å²) in [6.07, 6.45) is 2.21. The van der Waals surface area contributed by atoms with Gasteiger partial charge in [0.25, 0.3) is 0 Å². The van der Waals surface area contributed by atoms with E-state index in [0.29, 0.717) is 11.6 Å². The second-order valence-electron chi connectivity index (χ2n) is 6.24. The van der Waals surface area contributed by atoms with Crippen LogP contribution in [-0.2, 0) is 27.8 Å². The fourth-order valence-electron chi connectivity index (χ4n) is 2.75. The minimum atomic E-state index is -3.48. The number of nitrogens with zero attached hydrogens (tertiary/aromatic N) is 3. The van der Waals surface area contributed by atoms with E-state index in [-0.39, 0.29) is 16.6 Å². The average molecular weight is 392 g/mol. The molecule has 0 radical (unpaired) electrons. The van der Waals surface area contributed by atoms with Crippen LogP contribution in [0.1, 0.15) is 11.1 Å². The quantitative estimate of drug-likeness (QED) is 0.729. The number of aromatic nitrogens is 1. The summed E-state index contributed by atoms with van der Waals surface area (Å²) < 4.78 is 25.2. The highest BCUT2D eigenvalue weighted by atomic mass is 32.2. The van der Waals surface area contributed by atoms with Gasteiger partial charge in [0, 0.05) is 33.4 Å². The molecule has 6 nitrogen and oxygen atoms in total. The number of hydrogen-bond acceptors (Lipinski definition) is 5. The van der Waals surface area contributed by atoms with E-state index >= 15 is 0 Å². The van der Waals surface area contributed by atoms with E-state index < -0.39 is 10.0 Å². The third kappa shape index (κ3) is 4.08.